The Labute approximate surface area is 145 Å². The van der Waals surface area contributed by atoms with Crippen LogP contribution >= 0.6 is 0 Å². The van der Waals surface area contributed by atoms with Crippen LogP contribution in [0.5, 0.6) is 0 Å². The topological polar surface area (TPSA) is 28.5 Å². The van der Waals surface area contributed by atoms with E-state index in [2.05, 4.69) is 55.4 Å². The van der Waals surface area contributed by atoms with Gasteiger partial charge in [-0.3, -0.25) is 4.79 Å². The molecule has 1 amide bonds. The summed E-state index contributed by atoms with van der Waals surface area (Å²) < 4.78 is 2.34. The van der Waals surface area contributed by atoms with Crippen LogP contribution in [0.2, 0.25) is 0 Å². The number of fused-ring (bicyclic) bond motifs is 3. The molecule has 24 heavy (non-hydrogen) atoms. The van der Waals surface area contributed by atoms with Gasteiger partial charge in [-0.1, -0.05) is 25.5 Å². The molecule has 0 saturated heterocycles. The average Bonchev–Trinajstić information content (AvgIpc) is 2.87. The maximum Gasteiger partial charge on any atom is 0.225 e. The summed E-state index contributed by atoms with van der Waals surface area (Å²) in [5.41, 5.74) is 5.32. The normalized spacial score (nSPS) is 14.5. The first kappa shape index (κ1) is 17.0. The fourth-order valence-corrected chi connectivity index (χ4v) is 3.81. The van der Waals surface area contributed by atoms with Gasteiger partial charge in [0.1, 0.15) is 0 Å². The lowest BCUT2D eigenvalue weighted by Gasteiger charge is -2.30. The predicted molar refractivity (Wildman–Crippen MR) is 99.2 cm³/mol. The first-order valence-corrected chi connectivity index (χ1v) is 9.13. The maximum absolute atomic E-state index is 12.6. The molecule has 0 atom stereocenters. The summed E-state index contributed by atoms with van der Waals surface area (Å²) in [6, 6.07) is 6.63. The Morgan fingerprint density at radius 1 is 1.21 bits per heavy atom. The zero-order valence-electron chi connectivity index (χ0n) is 15.4. The van der Waals surface area contributed by atoms with Crippen molar-refractivity contribution in [2.24, 2.45) is 0 Å². The standard InChI is InChI=1S/C20H29N3O/c1-5-21(6-2)11-10-20(24)22-12-9-18-16(4)17-13-15(3)7-8-19(17)23(18)14-22/h7-8,13H,5-6,9-12,14H2,1-4H3. The second kappa shape index (κ2) is 6.98. The van der Waals surface area contributed by atoms with Crippen molar-refractivity contribution in [3.8, 4) is 0 Å². The summed E-state index contributed by atoms with van der Waals surface area (Å²) in [7, 11) is 0. The summed E-state index contributed by atoms with van der Waals surface area (Å²) in [6.07, 6.45) is 1.57. The van der Waals surface area contributed by atoms with E-state index in [9.17, 15) is 4.79 Å². The molecule has 0 fully saturated rings. The van der Waals surface area contributed by atoms with Crippen LogP contribution in [0.25, 0.3) is 10.9 Å². The van der Waals surface area contributed by atoms with Crippen molar-refractivity contribution in [3.63, 3.8) is 0 Å². The lowest BCUT2D eigenvalue weighted by molar-refractivity contribution is -0.133. The minimum atomic E-state index is 0.277. The van der Waals surface area contributed by atoms with E-state index in [-0.39, 0.29) is 5.91 Å². The number of aromatic nitrogens is 1. The minimum Gasteiger partial charge on any atom is -0.326 e. The lowest BCUT2D eigenvalue weighted by atomic mass is 10.1. The molecule has 4 nitrogen and oxygen atoms in total. The summed E-state index contributed by atoms with van der Waals surface area (Å²) in [4.78, 5) is 17.0. The molecule has 2 aromatic rings. The van der Waals surface area contributed by atoms with Crippen LogP contribution in [0, 0.1) is 13.8 Å². The molecule has 0 saturated carbocycles. The van der Waals surface area contributed by atoms with Crippen molar-refractivity contribution in [1.82, 2.24) is 14.4 Å². The zero-order chi connectivity index (χ0) is 17.3. The minimum absolute atomic E-state index is 0.277. The van der Waals surface area contributed by atoms with Gasteiger partial charge in [0.05, 0.1) is 12.2 Å². The Kier molecular flexibility index (Phi) is 4.95. The van der Waals surface area contributed by atoms with Crippen LogP contribution in [0.3, 0.4) is 0 Å². The van der Waals surface area contributed by atoms with Crippen molar-refractivity contribution >= 4 is 16.8 Å². The number of carbonyl (C=O) groups excluding carboxylic acids is 1. The molecular formula is C20H29N3O. The number of amides is 1. The van der Waals surface area contributed by atoms with Gasteiger partial charge in [0.15, 0.2) is 0 Å². The molecule has 1 aromatic carbocycles. The number of benzene rings is 1. The Hall–Kier alpha value is -1.81. The summed E-state index contributed by atoms with van der Waals surface area (Å²) >= 11 is 0. The quantitative estimate of drug-likeness (QED) is 0.843. The van der Waals surface area contributed by atoms with Gasteiger partial charge in [-0.25, -0.2) is 0 Å². The van der Waals surface area contributed by atoms with E-state index in [0.29, 0.717) is 13.1 Å². The van der Waals surface area contributed by atoms with Crippen LogP contribution in [0.15, 0.2) is 18.2 Å². The Morgan fingerprint density at radius 2 is 1.96 bits per heavy atom. The van der Waals surface area contributed by atoms with Crippen molar-refractivity contribution in [1.29, 1.82) is 0 Å². The van der Waals surface area contributed by atoms with Crippen molar-refractivity contribution in [3.05, 3.63) is 35.0 Å². The van der Waals surface area contributed by atoms with E-state index in [1.165, 1.54) is 27.7 Å². The fraction of sp³-hybridized carbons (Fsp3) is 0.550. The average molecular weight is 327 g/mol. The van der Waals surface area contributed by atoms with Gasteiger partial charge in [-0.2, -0.15) is 0 Å². The predicted octanol–water partition coefficient (Wildman–Crippen LogP) is 3.33. The number of hydrogen-bond donors (Lipinski definition) is 0. The molecule has 1 aliphatic rings. The fourth-order valence-electron chi connectivity index (χ4n) is 3.81. The van der Waals surface area contributed by atoms with E-state index in [1.54, 1.807) is 0 Å². The third kappa shape index (κ3) is 3.07. The highest BCUT2D eigenvalue weighted by Gasteiger charge is 2.24. The first-order chi connectivity index (χ1) is 11.5. The summed E-state index contributed by atoms with van der Waals surface area (Å²) in [5.74, 6) is 0.277. The second-order valence-electron chi connectivity index (χ2n) is 6.85. The molecule has 0 aliphatic carbocycles. The SMILES string of the molecule is CCN(CC)CCC(=O)N1CCc2c(C)c3cc(C)ccc3n2C1. The van der Waals surface area contributed by atoms with E-state index in [1.807, 2.05) is 4.90 Å². The number of aryl methyl sites for hydroxylation is 2. The van der Waals surface area contributed by atoms with E-state index in [4.69, 9.17) is 0 Å². The van der Waals surface area contributed by atoms with E-state index in [0.717, 1.165) is 32.6 Å². The number of rotatable bonds is 5. The first-order valence-electron chi connectivity index (χ1n) is 9.13. The molecule has 0 bridgehead atoms. The molecule has 3 rings (SSSR count). The van der Waals surface area contributed by atoms with Gasteiger partial charge < -0.3 is 14.4 Å². The molecule has 4 heteroatoms. The lowest BCUT2D eigenvalue weighted by Crippen LogP contribution is -2.40. The van der Waals surface area contributed by atoms with Gasteiger partial charge in [-0.05, 0) is 44.6 Å². The zero-order valence-corrected chi connectivity index (χ0v) is 15.4. The molecule has 0 radical (unpaired) electrons. The molecule has 130 valence electrons. The maximum atomic E-state index is 12.6. The van der Waals surface area contributed by atoms with Gasteiger partial charge in [-0.15, -0.1) is 0 Å². The second-order valence-corrected chi connectivity index (χ2v) is 6.85. The highest BCUT2D eigenvalue weighted by molar-refractivity contribution is 5.86. The van der Waals surface area contributed by atoms with Crippen LogP contribution in [0.1, 0.15) is 37.1 Å². The van der Waals surface area contributed by atoms with Crippen LogP contribution in [-0.4, -0.2) is 46.5 Å². The molecule has 1 aliphatic heterocycles. The number of carbonyl (C=O) groups is 1. The molecular weight excluding hydrogens is 298 g/mol. The van der Waals surface area contributed by atoms with Crippen LogP contribution < -0.4 is 0 Å². The Bertz CT molecular complexity index is 743. The molecule has 0 unspecified atom stereocenters. The smallest absolute Gasteiger partial charge is 0.225 e. The molecule has 2 heterocycles. The Morgan fingerprint density at radius 3 is 2.67 bits per heavy atom. The highest BCUT2D eigenvalue weighted by Crippen LogP contribution is 2.29. The number of nitrogens with zero attached hydrogens (tertiary/aromatic N) is 3. The van der Waals surface area contributed by atoms with Crippen molar-refractivity contribution in [2.45, 2.75) is 47.2 Å². The van der Waals surface area contributed by atoms with Gasteiger partial charge in [0.2, 0.25) is 5.91 Å². The Balaban J connectivity index is 1.78. The highest BCUT2D eigenvalue weighted by atomic mass is 16.2. The van der Waals surface area contributed by atoms with Crippen LogP contribution in [0.4, 0.5) is 0 Å². The van der Waals surface area contributed by atoms with E-state index < -0.39 is 0 Å². The monoisotopic (exact) mass is 327 g/mol. The van der Waals surface area contributed by atoms with Gasteiger partial charge in [0.25, 0.3) is 0 Å². The largest absolute Gasteiger partial charge is 0.326 e. The third-order valence-electron chi connectivity index (χ3n) is 5.43. The van der Waals surface area contributed by atoms with E-state index >= 15 is 0 Å². The molecule has 0 N–H and O–H groups in total. The summed E-state index contributed by atoms with van der Waals surface area (Å²) in [5, 5.41) is 1.34. The third-order valence-corrected chi connectivity index (χ3v) is 5.43. The van der Waals surface area contributed by atoms with Crippen LogP contribution in [-0.2, 0) is 17.9 Å². The summed E-state index contributed by atoms with van der Waals surface area (Å²) in [6.45, 7) is 13.1. The molecule has 0 spiro atoms. The van der Waals surface area contributed by atoms with Gasteiger partial charge >= 0.3 is 0 Å². The molecule has 1 aromatic heterocycles. The van der Waals surface area contributed by atoms with Crippen molar-refractivity contribution in [2.75, 3.05) is 26.2 Å². The number of hydrogen-bond acceptors (Lipinski definition) is 2. The van der Waals surface area contributed by atoms with Gasteiger partial charge in [0, 0.05) is 37.0 Å². The van der Waals surface area contributed by atoms with Crippen molar-refractivity contribution < 1.29 is 4.79 Å².